The zero-order valence-electron chi connectivity index (χ0n) is 11.2. The van der Waals surface area contributed by atoms with E-state index in [1.807, 2.05) is 36.4 Å². The SMILES string of the molecule is O=C(CSC1=NN=C(c2ccoc2)C1)Nc1ccccc1. The lowest BCUT2D eigenvalue weighted by Gasteiger charge is -2.04. The van der Waals surface area contributed by atoms with Gasteiger partial charge < -0.3 is 9.73 Å². The number of benzene rings is 1. The van der Waals surface area contributed by atoms with Crippen LogP contribution in [0.25, 0.3) is 0 Å². The van der Waals surface area contributed by atoms with Crippen molar-refractivity contribution in [2.24, 2.45) is 10.2 Å². The number of rotatable bonds is 4. The third-order valence-electron chi connectivity index (χ3n) is 2.88. The number of anilines is 1. The summed E-state index contributed by atoms with van der Waals surface area (Å²) in [6.45, 7) is 0. The molecule has 1 aromatic carbocycles. The van der Waals surface area contributed by atoms with Gasteiger partial charge in [0.2, 0.25) is 5.91 Å². The lowest BCUT2D eigenvalue weighted by molar-refractivity contribution is -0.113. The molecule has 0 radical (unpaired) electrons. The third kappa shape index (κ3) is 3.61. The first kappa shape index (κ1) is 13.6. The van der Waals surface area contributed by atoms with Crippen LogP contribution < -0.4 is 5.32 Å². The summed E-state index contributed by atoms with van der Waals surface area (Å²) >= 11 is 1.41. The fourth-order valence-corrected chi connectivity index (χ4v) is 2.57. The Kier molecular flexibility index (Phi) is 4.16. The van der Waals surface area contributed by atoms with Crippen molar-refractivity contribution < 1.29 is 9.21 Å². The summed E-state index contributed by atoms with van der Waals surface area (Å²) in [5, 5.41) is 11.9. The molecular weight excluding hydrogens is 286 g/mol. The monoisotopic (exact) mass is 299 g/mol. The smallest absolute Gasteiger partial charge is 0.234 e. The summed E-state index contributed by atoms with van der Waals surface area (Å²) in [5.74, 6) is 0.271. The molecule has 0 saturated carbocycles. The Balaban J connectivity index is 1.46. The van der Waals surface area contributed by atoms with E-state index in [1.54, 1.807) is 12.5 Å². The predicted molar refractivity (Wildman–Crippen MR) is 84.8 cm³/mol. The summed E-state index contributed by atoms with van der Waals surface area (Å²) < 4.78 is 5.02. The van der Waals surface area contributed by atoms with Gasteiger partial charge in [-0.2, -0.15) is 5.10 Å². The number of nitrogens with zero attached hydrogens (tertiary/aromatic N) is 2. The Bertz CT molecular complexity index is 678. The minimum absolute atomic E-state index is 0.0503. The van der Waals surface area contributed by atoms with E-state index in [0.717, 1.165) is 22.0 Å². The maximum Gasteiger partial charge on any atom is 0.234 e. The van der Waals surface area contributed by atoms with E-state index in [1.165, 1.54) is 11.8 Å². The zero-order chi connectivity index (χ0) is 14.5. The highest BCUT2D eigenvalue weighted by Gasteiger charge is 2.16. The van der Waals surface area contributed by atoms with E-state index in [-0.39, 0.29) is 5.91 Å². The molecule has 0 fully saturated rings. The van der Waals surface area contributed by atoms with E-state index in [2.05, 4.69) is 15.5 Å². The summed E-state index contributed by atoms with van der Waals surface area (Å²) in [7, 11) is 0. The van der Waals surface area contributed by atoms with Gasteiger partial charge in [0.05, 0.1) is 24.0 Å². The van der Waals surface area contributed by atoms with E-state index in [9.17, 15) is 4.79 Å². The second-order valence-electron chi connectivity index (χ2n) is 4.43. The first-order chi connectivity index (χ1) is 10.3. The highest BCUT2D eigenvalue weighted by Crippen LogP contribution is 2.19. The molecule has 1 amide bonds. The number of hydrogen-bond donors (Lipinski definition) is 1. The van der Waals surface area contributed by atoms with Crippen molar-refractivity contribution in [3.8, 4) is 0 Å². The number of furan rings is 1. The lowest BCUT2D eigenvalue weighted by atomic mass is 10.2. The molecule has 0 spiro atoms. The number of carbonyl (C=O) groups excluding carboxylic acids is 1. The minimum atomic E-state index is -0.0503. The summed E-state index contributed by atoms with van der Waals surface area (Å²) in [4.78, 5) is 11.8. The largest absolute Gasteiger partial charge is 0.472 e. The van der Waals surface area contributed by atoms with Crippen molar-refractivity contribution in [1.82, 2.24) is 0 Å². The second-order valence-corrected chi connectivity index (χ2v) is 5.48. The van der Waals surface area contributed by atoms with Gasteiger partial charge >= 0.3 is 0 Å². The van der Waals surface area contributed by atoms with Gasteiger partial charge in [-0.05, 0) is 18.2 Å². The molecule has 5 nitrogen and oxygen atoms in total. The fraction of sp³-hybridized carbons (Fsp3) is 0.133. The van der Waals surface area contributed by atoms with Gasteiger partial charge in [-0.3, -0.25) is 4.79 Å². The standard InChI is InChI=1S/C15H13N3O2S/c19-14(16-12-4-2-1-3-5-12)10-21-15-8-13(17-18-15)11-6-7-20-9-11/h1-7,9H,8,10H2,(H,16,19). The van der Waals surface area contributed by atoms with Crippen LogP contribution in [-0.2, 0) is 4.79 Å². The molecule has 21 heavy (non-hydrogen) atoms. The molecule has 1 aromatic heterocycles. The lowest BCUT2D eigenvalue weighted by Crippen LogP contribution is -2.15. The molecule has 106 valence electrons. The minimum Gasteiger partial charge on any atom is -0.472 e. The van der Waals surface area contributed by atoms with Gasteiger partial charge in [-0.15, -0.1) is 5.10 Å². The Morgan fingerprint density at radius 3 is 2.86 bits per heavy atom. The van der Waals surface area contributed by atoms with E-state index in [0.29, 0.717) is 12.2 Å². The van der Waals surface area contributed by atoms with Crippen LogP contribution in [0.1, 0.15) is 12.0 Å². The Morgan fingerprint density at radius 1 is 1.24 bits per heavy atom. The van der Waals surface area contributed by atoms with Gasteiger partial charge in [0, 0.05) is 17.7 Å². The topological polar surface area (TPSA) is 67.0 Å². The second kappa shape index (κ2) is 6.41. The fourth-order valence-electron chi connectivity index (χ4n) is 1.87. The summed E-state index contributed by atoms with van der Waals surface area (Å²) in [6, 6.07) is 11.2. The van der Waals surface area contributed by atoms with Crippen LogP contribution in [0.4, 0.5) is 5.69 Å². The van der Waals surface area contributed by atoms with Crippen LogP contribution in [0.3, 0.4) is 0 Å². The van der Waals surface area contributed by atoms with Crippen molar-refractivity contribution in [2.75, 3.05) is 11.1 Å². The molecule has 2 aromatic rings. The predicted octanol–water partition coefficient (Wildman–Crippen LogP) is 3.16. The van der Waals surface area contributed by atoms with Gasteiger partial charge in [0.1, 0.15) is 5.04 Å². The van der Waals surface area contributed by atoms with E-state index >= 15 is 0 Å². The molecule has 6 heteroatoms. The first-order valence-electron chi connectivity index (χ1n) is 6.45. The molecule has 3 rings (SSSR count). The van der Waals surface area contributed by atoms with Crippen LogP contribution >= 0.6 is 11.8 Å². The molecule has 1 aliphatic rings. The maximum atomic E-state index is 11.8. The molecule has 0 saturated heterocycles. The average Bonchev–Trinajstić information content (AvgIpc) is 3.17. The quantitative estimate of drug-likeness (QED) is 0.943. The van der Waals surface area contributed by atoms with Gasteiger partial charge in [-0.1, -0.05) is 30.0 Å². The molecule has 0 bridgehead atoms. The van der Waals surface area contributed by atoms with Crippen LogP contribution in [0.15, 0.2) is 63.5 Å². The molecule has 1 N–H and O–H groups in total. The van der Waals surface area contributed by atoms with E-state index in [4.69, 9.17) is 4.42 Å². The molecular formula is C15H13N3O2S. The molecule has 0 atom stereocenters. The number of carbonyl (C=O) groups is 1. The number of para-hydroxylation sites is 1. The van der Waals surface area contributed by atoms with Crippen molar-refractivity contribution in [2.45, 2.75) is 6.42 Å². The Labute approximate surface area is 126 Å². The number of amides is 1. The maximum absolute atomic E-state index is 11.8. The highest BCUT2D eigenvalue weighted by atomic mass is 32.2. The number of nitrogens with one attached hydrogen (secondary N) is 1. The molecule has 1 aliphatic heterocycles. The molecule has 0 unspecified atom stereocenters. The first-order valence-corrected chi connectivity index (χ1v) is 7.43. The van der Waals surface area contributed by atoms with Crippen LogP contribution in [0.5, 0.6) is 0 Å². The zero-order valence-corrected chi connectivity index (χ0v) is 12.0. The van der Waals surface area contributed by atoms with Crippen molar-refractivity contribution >= 4 is 34.1 Å². The normalized spacial score (nSPS) is 13.7. The molecule has 2 heterocycles. The number of thioether (sulfide) groups is 1. The van der Waals surface area contributed by atoms with Gasteiger partial charge in [0.25, 0.3) is 0 Å². The van der Waals surface area contributed by atoms with Crippen LogP contribution in [0.2, 0.25) is 0 Å². The Morgan fingerprint density at radius 2 is 2.10 bits per heavy atom. The van der Waals surface area contributed by atoms with Crippen molar-refractivity contribution in [1.29, 1.82) is 0 Å². The van der Waals surface area contributed by atoms with Gasteiger partial charge in [-0.25, -0.2) is 0 Å². The van der Waals surface area contributed by atoms with E-state index < -0.39 is 0 Å². The third-order valence-corrected chi connectivity index (χ3v) is 3.85. The van der Waals surface area contributed by atoms with Crippen molar-refractivity contribution in [3.63, 3.8) is 0 Å². The highest BCUT2D eigenvalue weighted by molar-refractivity contribution is 8.14. The van der Waals surface area contributed by atoms with Crippen LogP contribution in [0, 0.1) is 0 Å². The number of hydrogen-bond acceptors (Lipinski definition) is 5. The molecule has 0 aliphatic carbocycles. The average molecular weight is 299 g/mol. The summed E-state index contributed by atoms with van der Waals surface area (Å²) in [5.41, 5.74) is 2.60. The van der Waals surface area contributed by atoms with Crippen LogP contribution in [-0.4, -0.2) is 22.4 Å². The Hall–Kier alpha value is -2.34. The van der Waals surface area contributed by atoms with Gasteiger partial charge in [0.15, 0.2) is 0 Å². The van der Waals surface area contributed by atoms with Crippen molar-refractivity contribution in [3.05, 3.63) is 54.5 Å². The summed E-state index contributed by atoms with van der Waals surface area (Å²) in [6.07, 6.45) is 3.89.